The molecule has 0 radical (unpaired) electrons. The second kappa shape index (κ2) is 7.85. The zero-order chi connectivity index (χ0) is 17.6. The molecule has 0 saturated heterocycles. The van der Waals surface area contributed by atoms with Crippen molar-refractivity contribution in [1.82, 2.24) is 5.32 Å². The zero-order valence-corrected chi connectivity index (χ0v) is 14.4. The molecule has 1 fully saturated rings. The maximum absolute atomic E-state index is 12.2. The van der Waals surface area contributed by atoms with Crippen molar-refractivity contribution in [2.75, 3.05) is 0 Å². The Balaban J connectivity index is 1.59. The molecular weight excluding hydrogens is 312 g/mol. The third-order valence-electron chi connectivity index (χ3n) is 4.59. The molecule has 1 saturated carbocycles. The molecule has 1 aliphatic carbocycles. The predicted octanol–water partition coefficient (Wildman–Crippen LogP) is 4.05. The summed E-state index contributed by atoms with van der Waals surface area (Å²) in [6, 6.07) is 17.5. The summed E-state index contributed by atoms with van der Waals surface area (Å²) in [5.74, 6) is 0.620. The molecule has 0 spiro atoms. The number of hydrogen-bond donors (Lipinski definition) is 1. The van der Waals surface area contributed by atoms with Crippen molar-refractivity contribution in [3.05, 3.63) is 54.1 Å². The molecule has 0 aliphatic heterocycles. The molecule has 0 bridgehead atoms. The number of ether oxygens (including phenoxy) is 1. The number of benzene rings is 2. The summed E-state index contributed by atoms with van der Waals surface area (Å²) >= 11 is 0. The fraction of sp³-hybridized carbons (Fsp3) is 0.333. The van der Waals surface area contributed by atoms with Crippen molar-refractivity contribution < 1.29 is 9.53 Å². The minimum absolute atomic E-state index is 0.0527. The lowest BCUT2D eigenvalue weighted by Gasteiger charge is -2.18. The van der Waals surface area contributed by atoms with Crippen molar-refractivity contribution in [3.63, 3.8) is 0 Å². The van der Waals surface area contributed by atoms with Crippen molar-refractivity contribution >= 4 is 5.91 Å². The van der Waals surface area contributed by atoms with Crippen LogP contribution in [0.4, 0.5) is 0 Å². The number of rotatable bonds is 5. The Morgan fingerprint density at radius 1 is 1.08 bits per heavy atom. The smallest absolute Gasteiger partial charge is 0.260 e. The molecule has 1 amide bonds. The molecule has 1 atom stereocenters. The minimum Gasteiger partial charge on any atom is -0.481 e. The van der Waals surface area contributed by atoms with Gasteiger partial charge in [0.15, 0.2) is 6.10 Å². The van der Waals surface area contributed by atoms with Gasteiger partial charge in [-0.3, -0.25) is 4.79 Å². The molecule has 1 N–H and O–H groups in total. The molecular formula is C21H22N2O2. The Hall–Kier alpha value is -2.80. The standard InChI is InChI=1S/C21H22N2O2/c1-15(21(24)23-19-4-2-3-5-19)25-20-12-10-18(11-13-20)17-8-6-16(14-22)7-9-17/h6-13,15,19H,2-5H2,1H3,(H,23,24)/t15-/m1/s1. The maximum Gasteiger partial charge on any atom is 0.260 e. The summed E-state index contributed by atoms with van der Waals surface area (Å²) in [5.41, 5.74) is 2.73. The van der Waals surface area contributed by atoms with Crippen molar-refractivity contribution in [2.45, 2.75) is 44.8 Å². The second-order valence-corrected chi connectivity index (χ2v) is 6.46. The topological polar surface area (TPSA) is 62.1 Å². The zero-order valence-electron chi connectivity index (χ0n) is 14.4. The summed E-state index contributed by atoms with van der Waals surface area (Å²) in [6.07, 6.45) is 4.00. The Bertz CT molecular complexity index is 754. The van der Waals surface area contributed by atoms with Gasteiger partial charge in [-0.15, -0.1) is 0 Å². The molecule has 0 unspecified atom stereocenters. The van der Waals surface area contributed by atoms with Gasteiger partial charge >= 0.3 is 0 Å². The number of nitrogens with one attached hydrogen (secondary N) is 1. The predicted molar refractivity (Wildman–Crippen MR) is 97.1 cm³/mol. The number of amides is 1. The van der Waals surface area contributed by atoms with Crippen LogP contribution in [0, 0.1) is 11.3 Å². The van der Waals surface area contributed by atoms with Gasteiger partial charge in [0, 0.05) is 6.04 Å². The molecule has 0 aromatic heterocycles. The van der Waals surface area contributed by atoms with Crippen LogP contribution in [-0.2, 0) is 4.79 Å². The number of hydrogen-bond acceptors (Lipinski definition) is 3. The normalized spacial score (nSPS) is 15.4. The summed E-state index contributed by atoms with van der Waals surface area (Å²) in [5, 5.41) is 11.9. The molecule has 2 aromatic rings. The summed E-state index contributed by atoms with van der Waals surface area (Å²) in [7, 11) is 0. The Kier molecular flexibility index (Phi) is 5.35. The van der Waals surface area contributed by atoms with Crippen LogP contribution in [0.1, 0.15) is 38.2 Å². The van der Waals surface area contributed by atoms with Gasteiger partial charge in [0.25, 0.3) is 5.91 Å². The van der Waals surface area contributed by atoms with E-state index in [9.17, 15) is 4.79 Å². The SMILES string of the molecule is C[C@@H](Oc1ccc(-c2ccc(C#N)cc2)cc1)C(=O)NC1CCCC1. The van der Waals surface area contributed by atoms with E-state index in [1.807, 2.05) is 36.4 Å². The number of nitriles is 1. The van der Waals surface area contributed by atoms with Crippen LogP contribution in [0.3, 0.4) is 0 Å². The Morgan fingerprint density at radius 2 is 1.64 bits per heavy atom. The highest BCUT2D eigenvalue weighted by molar-refractivity contribution is 5.81. The van der Waals surface area contributed by atoms with Gasteiger partial charge in [-0.1, -0.05) is 37.1 Å². The molecule has 1 aliphatic rings. The van der Waals surface area contributed by atoms with Gasteiger partial charge < -0.3 is 10.1 Å². The molecule has 4 nitrogen and oxygen atoms in total. The van der Waals surface area contributed by atoms with Gasteiger partial charge in [-0.05, 0) is 55.2 Å². The quantitative estimate of drug-likeness (QED) is 0.897. The number of carbonyl (C=O) groups excluding carboxylic acids is 1. The van der Waals surface area contributed by atoms with Gasteiger partial charge in [0.1, 0.15) is 5.75 Å². The van der Waals surface area contributed by atoms with E-state index in [1.54, 1.807) is 19.1 Å². The molecule has 4 heteroatoms. The average Bonchev–Trinajstić information content (AvgIpc) is 3.15. The van der Waals surface area contributed by atoms with Gasteiger partial charge in [-0.25, -0.2) is 0 Å². The van der Waals surface area contributed by atoms with Crippen LogP contribution >= 0.6 is 0 Å². The average molecular weight is 334 g/mol. The van der Waals surface area contributed by atoms with Crippen LogP contribution < -0.4 is 10.1 Å². The first-order valence-electron chi connectivity index (χ1n) is 8.73. The summed E-state index contributed by atoms with van der Waals surface area (Å²) < 4.78 is 5.76. The number of carbonyl (C=O) groups is 1. The lowest BCUT2D eigenvalue weighted by molar-refractivity contribution is -0.127. The van der Waals surface area contributed by atoms with E-state index in [-0.39, 0.29) is 5.91 Å². The Labute approximate surface area is 148 Å². The lowest BCUT2D eigenvalue weighted by atomic mass is 10.0. The highest BCUT2D eigenvalue weighted by Crippen LogP contribution is 2.23. The minimum atomic E-state index is -0.513. The van der Waals surface area contributed by atoms with Crippen molar-refractivity contribution in [1.29, 1.82) is 5.26 Å². The third-order valence-corrected chi connectivity index (χ3v) is 4.59. The van der Waals surface area contributed by atoms with E-state index < -0.39 is 6.10 Å². The van der Waals surface area contributed by atoms with Gasteiger partial charge in [0.2, 0.25) is 0 Å². The molecule has 2 aromatic carbocycles. The van der Waals surface area contributed by atoms with E-state index in [0.717, 1.165) is 24.0 Å². The van der Waals surface area contributed by atoms with E-state index in [2.05, 4.69) is 11.4 Å². The maximum atomic E-state index is 12.2. The molecule has 3 rings (SSSR count). The fourth-order valence-corrected chi connectivity index (χ4v) is 3.11. The fourth-order valence-electron chi connectivity index (χ4n) is 3.11. The van der Waals surface area contributed by atoms with Crippen LogP contribution in [-0.4, -0.2) is 18.1 Å². The van der Waals surface area contributed by atoms with Crippen molar-refractivity contribution in [3.8, 4) is 22.9 Å². The van der Waals surface area contributed by atoms with Crippen molar-refractivity contribution in [2.24, 2.45) is 0 Å². The first-order valence-corrected chi connectivity index (χ1v) is 8.73. The summed E-state index contributed by atoms with van der Waals surface area (Å²) in [4.78, 5) is 12.2. The second-order valence-electron chi connectivity index (χ2n) is 6.46. The van der Waals surface area contributed by atoms with E-state index in [0.29, 0.717) is 17.4 Å². The summed E-state index contributed by atoms with van der Waals surface area (Å²) in [6.45, 7) is 1.78. The van der Waals surface area contributed by atoms with E-state index in [1.165, 1.54) is 12.8 Å². The molecule has 0 heterocycles. The van der Waals surface area contributed by atoms with Gasteiger partial charge in [-0.2, -0.15) is 5.26 Å². The first-order chi connectivity index (χ1) is 12.2. The molecule has 25 heavy (non-hydrogen) atoms. The van der Waals surface area contributed by atoms with E-state index >= 15 is 0 Å². The Morgan fingerprint density at radius 3 is 2.20 bits per heavy atom. The highest BCUT2D eigenvalue weighted by atomic mass is 16.5. The van der Waals surface area contributed by atoms with Crippen LogP contribution in [0.2, 0.25) is 0 Å². The largest absolute Gasteiger partial charge is 0.481 e. The van der Waals surface area contributed by atoms with E-state index in [4.69, 9.17) is 10.00 Å². The number of nitrogens with zero attached hydrogens (tertiary/aromatic N) is 1. The van der Waals surface area contributed by atoms with Crippen LogP contribution in [0.5, 0.6) is 5.75 Å². The monoisotopic (exact) mass is 334 g/mol. The first kappa shape index (κ1) is 17.0. The third kappa shape index (κ3) is 4.39. The molecule has 128 valence electrons. The van der Waals surface area contributed by atoms with Gasteiger partial charge in [0.05, 0.1) is 11.6 Å². The van der Waals surface area contributed by atoms with Crippen LogP contribution in [0.25, 0.3) is 11.1 Å². The van der Waals surface area contributed by atoms with Crippen LogP contribution in [0.15, 0.2) is 48.5 Å². The highest BCUT2D eigenvalue weighted by Gasteiger charge is 2.21. The lowest BCUT2D eigenvalue weighted by Crippen LogP contribution is -2.41.